The number of halogens is 1. The molecule has 2 rings (SSSR count). The van der Waals surface area contributed by atoms with Crippen LogP contribution in [0.25, 0.3) is 0 Å². The first kappa shape index (κ1) is 14.3. The summed E-state index contributed by atoms with van der Waals surface area (Å²) >= 11 is 0. The Morgan fingerprint density at radius 3 is 2.74 bits per heavy atom. The molecule has 1 aliphatic heterocycles. The third-order valence-electron chi connectivity index (χ3n) is 3.77. The fourth-order valence-electron chi connectivity index (χ4n) is 2.81. The first-order valence-corrected chi connectivity index (χ1v) is 6.92. The molecule has 0 saturated carbocycles. The van der Waals surface area contributed by atoms with Crippen molar-refractivity contribution in [3.8, 4) is 0 Å². The molecule has 1 N–H and O–H groups in total. The van der Waals surface area contributed by atoms with Crippen molar-refractivity contribution < 1.29 is 9.13 Å². The molecule has 19 heavy (non-hydrogen) atoms. The standard InChI is InChI=1S/C15H23FN2O/c1-17-10-13-4-3-5-14(16)15(13)18-8-6-12(7-9-18)11-19-2/h3-5,12,17H,6-11H2,1-2H3. The second-order valence-corrected chi connectivity index (χ2v) is 5.16. The lowest BCUT2D eigenvalue weighted by atomic mass is 9.96. The van der Waals surface area contributed by atoms with Gasteiger partial charge in [-0.1, -0.05) is 12.1 Å². The van der Waals surface area contributed by atoms with E-state index in [1.54, 1.807) is 19.2 Å². The monoisotopic (exact) mass is 266 g/mol. The van der Waals surface area contributed by atoms with Gasteiger partial charge < -0.3 is 15.0 Å². The van der Waals surface area contributed by atoms with E-state index < -0.39 is 0 Å². The molecule has 0 radical (unpaired) electrons. The molecule has 1 heterocycles. The lowest BCUT2D eigenvalue weighted by Gasteiger charge is -2.34. The molecule has 4 heteroatoms. The number of benzene rings is 1. The van der Waals surface area contributed by atoms with E-state index in [9.17, 15) is 4.39 Å². The van der Waals surface area contributed by atoms with Gasteiger partial charge in [0.2, 0.25) is 0 Å². The van der Waals surface area contributed by atoms with Crippen molar-refractivity contribution in [3.05, 3.63) is 29.6 Å². The van der Waals surface area contributed by atoms with Crippen molar-refractivity contribution in [2.75, 3.05) is 38.8 Å². The highest BCUT2D eigenvalue weighted by molar-refractivity contribution is 5.55. The van der Waals surface area contributed by atoms with Crippen LogP contribution in [0.2, 0.25) is 0 Å². The molecule has 0 spiro atoms. The van der Waals surface area contributed by atoms with E-state index >= 15 is 0 Å². The number of anilines is 1. The molecular formula is C15H23FN2O. The zero-order valence-corrected chi connectivity index (χ0v) is 11.8. The zero-order valence-electron chi connectivity index (χ0n) is 11.8. The summed E-state index contributed by atoms with van der Waals surface area (Å²) < 4.78 is 19.3. The molecule has 1 aromatic rings. The Morgan fingerprint density at radius 1 is 1.37 bits per heavy atom. The van der Waals surface area contributed by atoms with Crippen molar-refractivity contribution in [2.45, 2.75) is 19.4 Å². The number of para-hydroxylation sites is 1. The minimum absolute atomic E-state index is 0.113. The maximum absolute atomic E-state index is 14.1. The smallest absolute Gasteiger partial charge is 0.146 e. The number of hydrogen-bond acceptors (Lipinski definition) is 3. The van der Waals surface area contributed by atoms with Crippen LogP contribution in [0.5, 0.6) is 0 Å². The van der Waals surface area contributed by atoms with E-state index in [1.165, 1.54) is 0 Å². The summed E-state index contributed by atoms with van der Waals surface area (Å²) in [7, 11) is 3.63. The summed E-state index contributed by atoms with van der Waals surface area (Å²) in [5.74, 6) is 0.499. The van der Waals surface area contributed by atoms with Gasteiger partial charge in [0.1, 0.15) is 5.82 Å². The van der Waals surface area contributed by atoms with E-state index in [0.29, 0.717) is 12.5 Å². The zero-order chi connectivity index (χ0) is 13.7. The number of piperidine rings is 1. The second kappa shape index (κ2) is 6.87. The third-order valence-corrected chi connectivity index (χ3v) is 3.77. The molecule has 0 bridgehead atoms. The van der Waals surface area contributed by atoms with E-state index in [4.69, 9.17) is 4.74 Å². The number of nitrogens with one attached hydrogen (secondary N) is 1. The highest BCUT2D eigenvalue weighted by Crippen LogP contribution is 2.29. The summed E-state index contributed by atoms with van der Waals surface area (Å²) in [5.41, 5.74) is 1.81. The molecule has 1 aromatic carbocycles. The minimum Gasteiger partial charge on any atom is -0.384 e. The van der Waals surface area contributed by atoms with Gasteiger partial charge in [-0.3, -0.25) is 0 Å². The Labute approximate surface area is 114 Å². The van der Waals surface area contributed by atoms with Crippen LogP contribution in [-0.2, 0) is 11.3 Å². The molecule has 1 saturated heterocycles. The normalized spacial score (nSPS) is 16.9. The number of methoxy groups -OCH3 is 1. The van der Waals surface area contributed by atoms with Crippen LogP contribution in [0.1, 0.15) is 18.4 Å². The molecule has 0 aromatic heterocycles. The first-order chi connectivity index (χ1) is 9.26. The van der Waals surface area contributed by atoms with E-state index in [0.717, 1.165) is 43.8 Å². The van der Waals surface area contributed by atoms with Crippen LogP contribution in [-0.4, -0.2) is 33.9 Å². The maximum Gasteiger partial charge on any atom is 0.146 e. The number of hydrogen-bond donors (Lipinski definition) is 1. The molecule has 3 nitrogen and oxygen atoms in total. The van der Waals surface area contributed by atoms with Crippen molar-refractivity contribution in [2.24, 2.45) is 5.92 Å². The number of nitrogens with zero attached hydrogens (tertiary/aromatic N) is 1. The first-order valence-electron chi connectivity index (χ1n) is 6.92. The molecule has 0 unspecified atom stereocenters. The summed E-state index contributed by atoms with van der Waals surface area (Å²) in [6.07, 6.45) is 2.14. The topological polar surface area (TPSA) is 24.5 Å². The molecule has 1 fully saturated rings. The highest BCUT2D eigenvalue weighted by Gasteiger charge is 2.22. The summed E-state index contributed by atoms with van der Waals surface area (Å²) in [6.45, 7) is 3.33. The van der Waals surface area contributed by atoms with Crippen molar-refractivity contribution >= 4 is 5.69 Å². The molecule has 1 aliphatic rings. The lowest BCUT2D eigenvalue weighted by molar-refractivity contribution is 0.139. The van der Waals surface area contributed by atoms with Gasteiger partial charge in [-0.25, -0.2) is 4.39 Å². The van der Waals surface area contributed by atoms with E-state index in [-0.39, 0.29) is 5.82 Å². The third kappa shape index (κ3) is 3.45. The second-order valence-electron chi connectivity index (χ2n) is 5.16. The Kier molecular flexibility index (Phi) is 5.16. The van der Waals surface area contributed by atoms with Crippen LogP contribution in [0.15, 0.2) is 18.2 Å². The predicted molar refractivity (Wildman–Crippen MR) is 76.0 cm³/mol. The maximum atomic E-state index is 14.1. The van der Waals surface area contributed by atoms with Crippen LogP contribution < -0.4 is 10.2 Å². The molecule has 106 valence electrons. The number of rotatable bonds is 5. The van der Waals surface area contributed by atoms with E-state index in [1.807, 2.05) is 13.1 Å². The van der Waals surface area contributed by atoms with Gasteiger partial charge in [-0.15, -0.1) is 0 Å². The Morgan fingerprint density at radius 2 is 2.11 bits per heavy atom. The average Bonchev–Trinajstić information content (AvgIpc) is 2.41. The van der Waals surface area contributed by atoms with Gasteiger partial charge in [0, 0.05) is 33.4 Å². The van der Waals surface area contributed by atoms with Gasteiger partial charge in [0.05, 0.1) is 5.69 Å². The van der Waals surface area contributed by atoms with Crippen molar-refractivity contribution in [1.29, 1.82) is 0 Å². The molecular weight excluding hydrogens is 243 g/mol. The number of ether oxygens (including phenoxy) is 1. The molecule has 0 amide bonds. The van der Waals surface area contributed by atoms with Gasteiger partial charge >= 0.3 is 0 Å². The van der Waals surface area contributed by atoms with Crippen LogP contribution in [0.3, 0.4) is 0 Å². The lowest BCUT2D eigenvalue weighted by Crippen LogP contribution is -2.36. The van der Waals surface area contributed by atoms with Gasteiger partial charge in [0.25, 0.3) is 0 Å². The predicted octanol–water partition coefficient (Wildman–Crippen LogP) is 2.41. The Balaban J connectivity index is 2.10. The fourth-order valence-corrected chi connectivity index (χ4v) is 2.81. The van der Waals surface area contributed by atoms with Gasteiger partial charge in [0.15, 0.2) is 0 Å². The van der Waals surface area contributed by atoms with Gasteiger partial charge in [-0.2, -0.15) is 0 Å². The van der Waals surface area contributed by atoms with E-state index in [2.05, 4.69) is 10.2 Å². The van der Waals surface area contributed by atoms with Gasteiger partial charge in [-0.05, 0) is 37.4 Å². The van der Waals surface area contributed by atoms with Crippen molar-refractivity contribution in [1.82, 2.24) is 5.32 Å². The minimum atomic E-state index is -0.113. The van der Waals surface area contributed by atoms with Crippen LogP contribution in [0, 0.1) is 11.7 Å². The average molecular weight is 266 g/mol. The van der Waals surface area contributed by atoms with Crippen molar-refractivity contribution in [3.63, 3.8) is 0 Å². The van der Waals surface area contributed by atoms with Crippen LogP contribution in [0.4, 0.5) is 10.1 Å². The summed E-state index contributed by atoms with van der Waals surface area (Å²) in [5, 5.41) is 3.11. The molecule has 0 atom stereocenters. The Hall–Kier alpha value is -1.13. The SMILES string of the molecule is CNCc1cccc(F)c1N1CCC(COC)CC1. The van der Waals surface area contributed by atoms with Crippen LogP contribution >= 0.6 is 0 Å². The fraction of sp³-hybridized carbons (Fsp3) is 0.600. The Bertz CT molecular complexity index is 403. The quantitative estimate of drug-likeness (QED) is 0.885. The summed E-state index contributed by atoms with van der Waals surface area (Å²) in [4.78, 5) is 2.17. The molecule has 0 aliphatic carbocycles. The highest BCUT2D eigenvalue weighted by atomic mass is 19.1. The summed E-state index contributed by atoms with van der Waals surface area (Å²) in [6, 6.07) is 5.33. The largest absolute Gasteiger partial charge is 0.384 e.